The summed E-state index contributed by atoms with van der Waals surface area (Å²) < 4.78 is 0. The lowest BCUT2D eigenvalue weighted by molar-refractivity contribution is -0.120. The second kappa shape index (κ2) is 4.77. The number of carbonyl (C=O) groups excluding carboxylic acids is 1. The minimum Gasteiger partial charge on any atom is -0.333 e. The molecule has 0 aromatic rings. The highest BCUT2D eigenvalue weighted by molar-refractivity contribution is 5.81. The third-order valence-electron chi connectivity index (χ3n) is 1.79. The summed E-state index contributed by atoms with van der Waals surface area (Å²) in [5.74, 6) is -0.0161. The first-order chi connectivity index (χ1) is 6.22. The molecule has 72 valence electrons. The van der Waals surface area contributed by atoms with Crippen LogP contribution >= 0.6 is 0 Å². The van der Waals surface area contributed by atoms with Crippen LogP contribution in [0.3, 0.4) is 0 Å². The Hall–Kier alpha value is -1.16. The first-order valence-electron chi connectivity index (χ1n) is 4.36. The largest absolute Gasteiger partial charge is 0.333 e. The third kappa shape index (κ3) is 3.38. The van der Waals surface area contributed by atoms with Crippen LogP contribution in [0.5, 0.6) is 0 Å². The molecule has 1 rings (SSSR count). The molecule has 1 heterocycles. The fourth-order valence-corrected chi connectivity index (χ4v) is 1.11. The van der Waals surface area contributed by atoms with E-state index in [4.69, 9.17) is 0 Å². The van der Waals surface area contributed by atoms with E-state index in [2.05, 4.69) is 21.7 Å². The average molecular weight is 181 g/mol. The van der Waals surface area contributed by atoms with E-state index in [1.807, 2.05) is 6.92 Å². The Morgan fingerprint density at radius 2 is 2.54 bits per heavy atom. The van der Waals surface area contributed by atoms with Gasteiger partial charge in [0.05, 0.1) is 6.54 Å². The number of nitrogens with zero attached hydrogens (tertiary/aromatic N) is 1. The van der Waals surface area contributed by atoms with Crippen molar-refractivity contribution in [1.82, 2.24) is 10.6 Å². The lowest BCUT2D eigenvalue weighted by Crippen LogP contribution is -2.39. The Kier molecular flexibility index (Phi) is 3.64. The van der Waals surface area contributed by atoms with Crippen molar-refractivity contribution in [3.63, 3.8) is 0 Å². The van der Waals surface area contributed by atoms with Gasteiger partial charge in [-0.15, -0.1) is 0 Å². The van der Waals surface area contributed by atoms with E-state index in [1.165, 1.54) is 0 Å². The highest BCUT2D eigenvalue weighted by Gasteiger charge is 2.10. The molecule has 0 aliphatic carbocycles. The van der Waals surface area contributed by atoms with Crippen molar-refractivity contribution < 1.29 is 4.79 Å². The average Bonchev–Trinajstić information content (AvgIpc) is 2.09. The van der Waals surface area contributed by atoms with Gasteiger partial charge in [-0.3, -0.25) is 9.79 Å². The van der Waals surface area contributed by atoms with Crippen LogP contribution in [0.4, 0.5) is 0 Å². The third-order valence-corrected chi connectivity index (χ3v) is 1.79. The van der Waals surface area contributed by atoms with Gasteiger partial charge in [-0.1, -0.05) is 6.08 Å². The van der Waals surface area contributed by atoms with Crippen LogP contribution in [0.1, 0.15) is 13.3 Å². The molecule has 1 aliphatic rings. The number of hydrogen-bond acceptors (Lipinski definition) is 3. The van der Waals surface area contributed by atoms with Crippen molar-refractivity contribution in [2.24, 2.45) is 4.99 Å². The molecule has 1 aliphatic heterocycles. The molecule has 0 saturated heterocycles. The van der Waals surface area contributed by atoms with Gasteiger partial charge in [0.1, 0.15) is 6.17 Å². The molecule has 0 fully saturated rings. The van der Waals surface area contributed by atoms with Gasteiger partial charge in [-0.05, 0) is 19.5 Å². The minimum atomic E-state index is -0.0791. The Morgan fingerprint density at radius 1 is 1.77 bits per heavy atom. The summed E-state index contributed by atoms with van der Waals surface area (Å²) in [6.07, 6.45) is 4.56. The van der Waals surface area contributed by atoms with Crippen LogP contribution in [0, 0.1) is 0 Å². The second-order valence-electron chi connectivity index (χ2n) is 3.08. The summed E-state index contributed by atoms with van der Waals surface area (Å²) in [5.41, 5.74) is 1.15. The quantitative estimate of drug-likeness (QED) is 0.647. The zero-order valence-corrected chi connectivity index (χ0v) is 8.00. The van der Waals surface area contributed by atoms with Crippen LogP contribution in [0.2, 0.25) is 0 Å². The number of hydrogen-bond donors (Lipinski definition) is 2. The molecule has 2 N–H and O–H groups in total. The van der Waals surface area contributed by atoms with Crippen molar-refractivity contribution in [3.8, 4) is 0 Å². The van der Waals surface area contributed by atoms with Crippen LogP contribution in [-0.4, -0.2) is 31.9 Å². The Labute approximate surface area is 78.1 Å². The second-order valence-corrected chi connectivity index (χ2v) is 3.08. The maximum Gasteiger partial charge on any atom is 0.235 e. The van der Waals surface area contributed by atoms with E-state index in [9.17, 15) is 4.79 Å². The van der Waals surface area contributed by atoms with Crippen molar-refractivity contribution in [1.29, 1.82) is 0 Å². The first-order valence-corrected chi connectivity index (χ1v) is 4.36. The van der Waals surface area contributed by atoms with Gasteiger partial charge in [0.15, 0.2) is 0 Å². The minimum absolute atomic E-state index is 0.0161. The molecule has 0 radical (unpaired) electrons. The van der Waals surface area contributed by atoms with E-state index in [1.54, 1.807) is 13.3 Å². The molecule has 1 amide bonds. The molecule has 0 aromatic carbocycles. The molecule has 4 heteroatoms. The number of nitrogens with one attached hydrogen (secondary N) is 2. The molecule has 1 unspecified atom stereocenters. The lowest BCUT2D eigenvalue weighted by Gasteiger charge is -2.15. The maximum atomic E-state index is 11.1. The predicted molar refractivity (Wildman–Crippen MR) is 52.7 cm³/mol. The standard InChI is InChI=1S/C9H15N3O/c1-7-3-4-8(11-5-7)12-9(13)6-10-2/h3,5,8,10H,4,6H2,1-2H3,(H,12,13). The van der Waals surface area contributed by atoms with Crippen molar-refractivity contribution >= 4 is 12.1 Å². The molecule has 0 saturated carbocycles. The zero-order valence-electron chi connectivity index (χ0n) is 8.00. The van der Waals surface area contributed by atoms with Crippen molar-refractivity contribution in [2.75, 3.05) is 13.6 Å². The zero-order chi connectivity index (χ0) is 9.68. The highest BCUT2D eigenvalue weighted by Crippen LogP contribution is 2.05. The topological polar surface area (TPSA) is 53.5 Å². The molecule has 0 bridgehead atoms. The highest BCUT2D eigenvalue weighted by atomic mass is 16.2. The number of amides is 1. The normalized spacial score (nSPS) is 21.1. The summed E-state index contributed by atoms with van der Waals surface area (Å²) in [6.45, 7) is 2.34. The van der Waals surface area contributed by atoms with Crippen LogP contribution in [-0.2, 0) is 4.79 Å². The van der Waals surface area contributed by atoms with Gasteiger partial charge in [-0.25, -0.2) is 0 Å². The monoisotopic (exact) mass is 181 g/mol. The lowest BCUT2D eigenvalue weighted by atomic mass is 10.2. The van der Waals surface area contributed by atoms with Gasteiger partial charge in [0.2, 0.25) is 5.91 Å². The fourth-order valence-electron chi connectivity index (χ4n) is 1.11. The van der Waals surface area contributed by atoms with Gasteiger partial charge < -0.3 is 10.6 Å². The number of allylic oxidation sites excluding steroid dienone is 1. The van der Waals surface area contributed by atoms with Crippen molar-refractivity contribution in [3.05, 3.63) is 11.6 Å². The number of rotatable bonds is 3. The van der Waals surface area contributed by atoms with Gasteiger partial charge in [0.25, 0.3) is 0 Å². The molecule has 13 heavy (non-hydrogen) atoms. The molecule has 1 atom stereocenters. The summed E-state index contributed by atoms with van der Waals surface area (Å²) >= 11 is 0. The Bertz CT molecular complexity index is 245. The Morgan fingerprint density at radius 3 is 3.08 bits per heavy atom. The molecule has 0 spiro atoms. The summed E-state index contributed by atoms with van der Waals surface area (Å²) in [4.78, 5) is 15.3. The van der Waals surface area contributed by atoms with Crippen LogP contribution in [0.15, 0.2) is 16.6 Å². The Balaban J connectivity index is 2.32. The van der Waals surface area contributed by atoms with Gasteiger partial charge in [-0.2, -0.15) is 0 Å². The van der Waals surface area contributed by atoms with Crippen molar-refractivity contribution in [2.45, 2.75) is 19.5 Å². The molecule has 4 nitrogen and oxygen atoms in total. The summed E-state index contributed by atoms with van der Waals surface area (Å²) in [7, 11) is 1.74. The predicted octanol–water partition coefficient (Wildman–Crippen LogP) is 0.0689. The smallest absolute Gasteiger partial charge is 0.235 e. The molecular formula is C9H15N3O. The summed E-state index contributed by atoms with van der Waals surface area (Å²) in [6, 6.07) is 0. The fraction of sp³-hybridized carbons (Fsp3) is 0.556. The number of likely N-dealkylation sites (N-methyl/N-ethyl adjacent to an activating group) is 1. The van der Waals surface area contributed by atoms with Gasteiger partial charge >= 0.3 is 0 Å². The molecule has 0 aromatic heterocycles. The van der Waals surface area contributed by atoms with E-state index in [-0.39, 0.29) is 12.1 Å². The van der Waals surface area contributed by atoms with E-state index in [0.717, 1.165) is 12.0 Å². The van der Waals surface area contributed by atoms with E-state index < -0.39 is 0 Å². The number of carbonyl (C=O) groups is 1. The molecular weight excluding hydrogens is 166 g/mol. The SMILES string of the molecule is CNCC(=O)NC1CC=C(C)C=N1. The number of dihydropyridines is 1. The van der Waals surface area contributed by atoms with E-state index in [0.29, 0.717) is 6.54 Å². The van der Waals surface area contributed by atoms with Crippen LogP contribution < -0.4 is 10.6 Å². The van der Waals surface area contributed by atoms with E-state index >= 15 is 0 Å². The van der Waals surface area contributed by atoms with Gasteiger partial charge in [0, 0.05) is 12.6 Å². The maximum absolute atomic E-state index is 11.1. The number of aliphatic imine (C=N–C) groups is 1. The first kappa shape index (κ1) is 9.92. The van der Waals surface area contributed by atoms with Crippen LogP contribution in [0.25, 0.3) is 0 Å². The summed E-state index contributed by atoms with van der Waals surface area (Å²) in [5, 5.41) is 5.58.